The highest BCUT2D eigenvalue weighted by atomic mass is 16.4. The summed E-state index contributed by atoms with van der Waals surface area (Å²) in [5.41, 5.74) is 4.83. The molecule has 0 atom stereocenters. The first kappa shape index (κ1) is 15.3. The molecule has 0 bridgehead atoms. The van der Waals surface area contributed by atoms with Gasteiger partial charge in [0.25, 0.3) is 0 Å². The maximum atomic E-state index is 11.6. The van der Waals surface area contributed by atoms with E-state index < -0.39 is 17.3 Å². The summed E-state index contributed by atoms with van der Waals surface area (Å²) in [5, 5.41) is 12.6. The number of aromatic nitrogens is 1. The molecule has 1 amide bonds. The zero-order valence-corrected chi connectivity index (χ0v) is 12.1. The third-order valence-electron chi connectivity index (χ3n) is 4.34. The van der Waals surface area contributed by atoms with Crippen LogP contribution in [-0.4, -0.2) is 28.5 Å². The summed E-state index contributed by atoms with van der Waals surface area (Å²) in [5.74, 6) is -0.243. The summed E-state index contributed by atoms with van der Waals surface area (Å²) in [4.78, 5) is 26.9. The lowest BCUT2D eigenvalue weighted by Gasteiger charge is -2.36. The minimum absolute atomic E-state index is 0.310. The molecule has 6 nitrogen and oxygen atoms in total. The number of amides is 1. The maximum Gasteiger partial charge on any atom is 0.311 e. The second-order valence-corrected chi connectivity index (χ2v) is 5.92. The lowest BCUT2D eigenvalue weighted by molar-refractivity contribution is -0.150. The van der Waals surface area contributed by atoms with Crippen LogP contribution in [0.5, 0.6) is 0 Å². The number of nitrogens with two attached hydrogens (primary N) is 1. The summed E-state index contributed by atoms with van der Waals surface area (Å²) in [6, 6.07) is 3.08. The minimum Gasteiger partial charge on any atom is -0.481 e. The quantitative estimate of drug-likeness (QED) is 0.768. The summed E-state index contributed by atoms with van der Waals surface area (Å²) >= 11 is 0. The Kier molecular flexibility index (Phi) is 4.45. The van der Waals surface area contributed by atoms with E-state index >= 15 is 0 Å². The predicted octanol–water partition coefficient (Wildman–Crippen LogP) is 1.87. The van der Waals surface area contributed by atoms with E-state index in [1.54, 1.807) is 6.07 Å². The molecular weight excluding hydrogens is 270 g/mol. The lowest BCUT2D eigenvalue weighted by atomic mass is 9.71. The molecule has 0 unspecified atom stereocenters. The molecule has 0 spiro atoms. The van der Waals surface area contributed by atoms with Crippen molar-refractivity contribution in [3.8, 4) is 0 Å². The van der Waals surface area contributed by atoms with E-state index in [1.807, 2.05) is 0 Å². The third kappa shape index (κ3) is 3.51. The molecule has 0 aromatic carbocycles. The van der Waals surface area contributed by atoms with Gasteiger partial charge in [0.05, 0.1) is 5.41 Å². The van der Waals surface area contributed by atoms with Gasteiger partial charge in [-0.05, 0) is 43.7 Å². The van der Waals surface area contributed by atoms with Crippen molar-refractivity contribution in [2.24, 2.45) is 17.1 Å². The number of nitrogens with one attached hydrogen (secondary N) is 1. The second-order valence-electron chi connectivity index (χ2n) is 5.92. The van der Waals surface area contributed by atoms with Gasteiger partial charge in [-0.2, -0.15) is 0 Å². The van der Waals surface area contributed by atoms with Crippen LogP contribution in [0, 0.1) is 11.3 Å². The predicted molar refractivity (Wildman–Crippen MR) is 78.9 cm³/mol. The Hall–Kier alpha value is -2.11. The summed E-state index contributed by atoms with van der Waals surface area (Å²) in [6.45, 7) is 2.46. The number of pyridine rings is 1. The van der Waals surface area contributed by atoms with Crippen molar-refractivity contribution in [1.29, 1.82) is 0 Å². The molecule has 0 radical (unpaired) electrons. The molecule has 0 saturated heterocycles. The summed E-state index contributed by atoms with van der Waals surface area (Å²) in [7, 11) is 0. The van der Waals surface area contributed by atoms with Crippen LogP contribution in [0.1, 0.15) is 43.0 Å². The molecule has 1 fully saturated rings. The Morgan fingerprint density at radius 2 is 2.14 bits per heavy atom. The molecule has 21 heavy (non-hydrogen) atoms. The number of carbonyl (C=O) groups excluding carboxylic acids is 1. The Bertz CT molecular complexity index is 537. The number of nitrogens with zero attached hydrogens (tertiary/aromatic N) is 1. The number of primary amides is 1. The van der Waals surface area contributed by atoms with Crippen molar-refractivity contribution in [3.05, 3.63) is 23.9 Å². The molecule has 0 aliphatic heterocycles. The first-order valence-corrected chi connectivity index (χ1v) is 7.16. The highest BCUT2D eigenvalue weighted by Gasteiger charge is 2.41. The fourth-order valence-electron chi connectivity index (χ4n) is 2.72. The first-order valence-electron chi connectivity index (χ1n) is 7.16. The number of carboxylic acids is 1. The molecule has 2 rings (SSSR count). The average Bonchev–Trinajstić information content (AvgIpc) is 2.47. The monoisotopic (exact) mass is 291 g/mol. The van der Waals surface area contributed by atoms with E-state index in [0.29, 0.717) is 36.7 Å². The zero-order chi connectivity index (χ0) is 15.5. The Balaban J connectivity index is 2.07. The number of carboxylic acid groups (broad SMARTS) is 1. The van der Waals surface area contributed by atoms with Crippen molar-refractivity contribution in [2.45, 2.75) is 32.6 Å². The highest BCUT2D eigenvalue weighted by Crippen LogP contribution is 2.39. The van der Waals surface area contributed by atoms with Crippen LogP contribution in [0.15, 0.2) is 18.3 Å². The number of anilines is 1. The molecule has 1 aromatic heterocycles. The fourth-order valence-corrected chi connectivity index (χ4v) is 2.72. The number of hydrogen-bond acceptors (Lipinski definition) is 4. The maximum absolute atomic E-state index is 11.6. The zero-order valence-electron chi connectivity index (χ0n) is 12.1. The third-order valence-corrected chi connectivity index (χ3v) is 4.34. The van der Waals surface area contributed by atoms with Gasteiger partial charge in [-0.15, -0.1) is 0 Å². The minimum atomic E-state index is -0.770. The lowest BCUT2D eigenvalue weighted by Crippen LogP contribution is -2.41. The second kappa shape index (κ2) is 6.11. The van der Waals surface area contributed by atoms with Gasteiger partial charge in [-0.1, -0.05) is 6.92 Å². The van der Waals surface area contributed by atoms with E-state index in [9.17, 15) is 14.7 Å². The number of carbonyl (C=O) groups is 2. The van der Waals surface area contributed by atoms with E-state index in [2.05, 4.69) is 17.2 Å². The number of rotatable bonds is 5. The molecule has 1 aliphatic carbocycles. The van der Waals surface area contributed by atoms with E-state index in [-0.39, 0.29) is 0 Å². The van der Waals surface area contributed by atoms with Gasteiger partial charge in [0.2, 0.25) is 5.91 Å². The van der Waals surface area contributed by atoms with Gasteiger partial charge < -0.3 is 16.2 Å². The van der Waals surface area contributed by atoms with Crippen molar-refractivity contribution in [3.63, 3.8) is 0 Å². The topological polar surface area (TPSA) is 105 Å². The van der Waals surface area contributed by atoms with Gasteiger partial charge >= 0.3 is 5.97 Å². The number of hydrogen-bond donors (Lipinski definition) is 3. The van der Waals surface area contributed by atoms with Crippen LogP contribution in [-0.2, 0) is 4.79 Å². The average molecular weight is 291 g/mol. The number of aliphatic carboxylic acids is 1. The summed E-state index contributed by atoms with van der Waals surface area (Å²) < 4.78 is 0. The summed E-state index contributed by atoms with van der Waals surface area (Å²) in [6.07, 6.45) is 4.64. The van der Waals surface area contributed by atoms with Crippen LogP contribution in [0.2, 0.25) is 0 Å². The van der Waals surface area contributed by atoms with Crippen molar-refractivity contribution < 1.29 is 14.7 Å². The van der Waals surface area contributed by atoms with Crippen LogP contribution in [0.4, 0.5) is 5.82 Å². The molecule has 1 aromatic rings. The normalized spacial score (nSPS) is 25.3. The molecular formula is C15H21N3O3. The Labute approximate surface area is 123 Å². The van der Waals surface area contributed by atoms with Crippen molar-refractivity contribution >= 4 is 17.7 Å². The standard InChI is InChI=1S/C15H21N3O3/c1-10-2-5-15(6-3-10,14(20)21)9-18-12-8-11(13(16)19)4-7-17-12/h4,7-8,10H,2-3,5-6,9H2,1H3,(H2,16,19)(H,17,18)(H,20,21). The van der Waals surface area contributed by atoms with E-state index in [0.717, 1.165) is 12.8 Å². The first-order chi connectivity index (χ1) is 9.93. The van der Waals surface area contributed by atoms with Crippen molar-refractivity contribution in [2.75, 3.05) is 11.9 Å². The molecule has 4 N–H and O–H groups in total. The van der Waals surface area contributed by atoms with Gasteiger partial charge in [0.1, 0.15) is 5.82 Å². The molecule has 1 aliphatic rings. The molecule has 1 heterocycles. The van der Waals surface area contributed by atoms with Crippen LogP contribution in [0.25, 0.3) is 0 Å². The van der Waals surface area contributed by atoms with E-state index in [1.165, 1.54) is 12.3 Å². The fraction of sp³-hybridized carbons (Fsp3) is 0.533. The Morgan fingerprint density at radius 1 is 1.48 bits per heavy atom. The van der Waals surface area contributed by atoms with Gasteiger partial charge in [0, 0.05) is 18.3 Å². The van der Waals surface area contributed by atoms with Gasteiger partial charge in [-0.25, -0.2) is 4.98 Å². The molecule has 6 heteroatoms. The smallest absolute Gasteiger partial charge is 0.311 e. The highest BCUT2D eigenvalue weighted by molar-refractivity contribution is 5.93. The van der Waals surface area contributed by atoms with Crippen LogP contribution < -0.4 is 11.1 Å². The SMILES string of the molecule is CC1CCC(CNc2cc(C(N)=O)ccn2)(C(=O)O)CC1. The largest absolute Gasteiger partial charge is 0.481 e. The van der Waals surface area contributed by atoms with Gasteiger partial charge in [-0.3, -0.25) is 9.59 Å². The molecule has 114 valence electrons. The van der Waals surface area contributed by atoms with E-state index in [4.69, 9.17) is 5.73 Å². The van der Waals surface area contributed by atoms with Gasteiger partial charge in [0.15, 0.2) is 0 Å². The Morgan fingerprint density at radius 3 is 2.71 bits per heavy atom. The van der Waals surface area contributed by atoms with Crippen LogP contribution in [0.3, 0.4) is 0 Å². The molecule has 1 saturated carbocycles. The van der Waals surface area contributed by atoms with Crippen LogP contribution >= 0.6 is 0 Å². The van der Waals surface area contributed by atoms with Crippen molar-refractivity contribution in [1.82, 2.24) is 4.98 Å².